The topological polar surface area (TPSA) is 26.8 Å². The van der Waals surface area contributed by atoms with E-state index >= 15 is 0 Å². The Bertz CT molecular complexity index is 234. The summed E-state index contributed by atoms with van der Waals surface area (Å²) in [5.74, 6) is 0. The van der Waals surface area contributed by atoms with Gasteiger partial charge in [-0.25, -0.2) is 14.0 Å². The number of nitrogens with zero attached hydrogens (tertiary/aromatic N) is 3. The van der Waals surface area contributed by atoms with Crippen LogP contribution in [0.3, 0.4) is 0 Å². The molecule has 17 heavy (non-hydrogen) atoms. The maximum Gasteiger partial charge on any atom is 0.286 e. The zero-order valence-corrected chi connectivity index (χ0v) is 12.7. The van der Waals surface area contributed by atoms with Crippen LogP contribution in [-0.4, -0.2) is 53.3 Å². The van der Waals surface area contributed by atoms with E-state index in [9.17, 15) is 4.57 Å². The van der Waals surface area contributed by atoms with Gasteiger partial charge in [0.1, 0.15) is 0 Å². The quantitative estimate of drug-likeness (QED) is 0.658. The molecule has 1 fully saturated rings. The first-order valence-corrected chi connectivity index (χ1v) is 8.57. The third kappa shape index (κ3) is 2.93. The molecule has 0 amide bonds. The Balaban J connectivity index is 3.01. The summed E-state index contributed by atoms with van der Waals surface area (Å²) in [4.78, 5) is 0. The van der Waals surface area contributed by atoms with Gasteiger partial charge in [0.05, 0.1) is 0 Å². The number of rotatable bonds is 7. The molecule has 102 valence electrons. The Labute approximate surface area is 106 Å². The summed E-state index contributed by atoms with van der Waals surface area (Å²) in [5.41, 5.74) is 0. The van der Waals surface area contributed by atoms with Crippen LogP contribution in [-0.2, 0) is 4.57 Å². The lowest BCUT2D eigenvalue weighted by Crippen LogP contribution is -2.40. The second-order valence-electron chi connectivity index (χ2n) is 4.45. The highest BCUT2D eigenvalue weighted by atomic mass is 31.2. The van der Waals surface area contributed by atoms with Crippen LogP contribution >= 0.6 is 7.59 Å². The summed E-state index contributed by atoms with van der Waals surface area (Å²) in [7, 11) is -2.49. The van der Waals surface area contributed by atoms with E-state index in [4.69, 9.17) is 0 Å². The van der Waals surface area contributed by atoms with Gasteiger partial charge in [-0.15, -0.1) is 0 Å². The van der Waals surface area contributed by atoms with Crippen molar-refractivity contribution in [3.63, 3.8) is 0 Å². The summed E-state index contributed by atoms with van der Waals surface area (Å²) in [6.45, 7) is 13.9. The van der Waals surface area contributed by atoms with Crippen LogP contribution in [0.5, 0.6) is 0 Å². The highest BCUT2D eigenvalue weighted by molar-refractivity contribution is 7.56. The zero-order valence-electron chi connectivity index (χ0n) is 11.9. The summed E-state index contributed by atoms with van der Waals surface area (Å²) in [5, 5.41) is 0. The predicted octanol–water partition coefficient (Wildman–Crippen LogP) is 2.87. The Kier molecular flexibility index (Phi) is 6.14. The van der Waals surface area contributed by atoms with E-state index in [0.717, 1.165) is 39.3 Å². The third-order valence-corrected chi connectivity index (χ3v) is 7.39. The van der Waals surface area contributed by atoms with Gasteiger partial charge in [0.15, 0.2) is 0 Å². The first-order valence-electron chi connectivity index (χ1n) is 7.01. The molecule has 0 spiro atoms. The van der Waals surface area contributed by atoms with Crippen molar-refractivity contribution in [1.29, 1.82) is 0 Å². The minimum Gasteiger partial charge on any atom is -0.270 e. The molecule has 1 saturated heterocycles. The molecular formula is C12H28N3OP. The van der Waals surface area contributed by atoms with Crippen LogP contribution in [0.2, 0.25) is 0 Å². The molecule has 0 aromatic rings. The van der Waals surface area contributed by atoms with Crippen LogP contribution in [0.4, 0.5) is 0 Å². The maximum absolute atomic E-state index is 13.5. The van der Waals surface area contributed by atoms with Gasteiger partial charge >= 0.3 is 0 Å². The van der Waals surface area contributed by atoms with Gasteiger partial charge in [-0.1, -0.05) is 27.7 Å². The SMILES string of the molecule is CCN(CC)P(=O)(N(CC)CC)N1CCCC1. The minimum absolute atomic E-state index is 0.862. The van der Waals surface area contributed by atoms with Crippen LogP contribution in [0.1, 0.15) is 40.5 Å². The lowest BCUT2D eigenvalue weighted by molar-refractivity contribution is 0.299. The first kappa shape index (κ1) is 15.2. The fourth-order valence-electron chi connectivity index (χ4n) is 2.68. The molecule has 1 aliphatic heterocycles. The predicted molar refractivity (Wildman–Crippen MR) is 74.3 cm³/mol. The van der Waals surface area contributed by atoms with Crippen molar-refractivity contribution >= 4 is 7.59 Å². The Hall–Kier alpha value is 0.110. The standard InChI is InChI=1S/C12H28N3OP/c1-5-13(6-2)17(16,14(7-3)8-4)15-11-9-10-12-15/h5-12H2,1-4H3. The highest BCUT2D eigenvalue weighted by Crippen LogP contribution is 2.57. The summed E-state index contributed by atoms with van der Waals surface area (Å²) in [6.07, 6.45) is 2.37. The molecule has 0 aromatic carbocycles. The summed E-state index contributed by atoms with van der Waals surface area (Å²) >= 11 is 0. The van der Waals surface area contributed by atoms with Crippen molar-refractivity contribution in [2.45, 2.75) is 40.5 Å². The van der Waals surface area contributed by atoms with E-state index in [2.05, 4.69) is 41.7 Å². The Morgan fingerprint density at radius 2 is 1.24 bits per heavy atom. The van der Waals surface area contributed by atoms with Gasteiger partial charge in [-0.2, -0.15) is 0 Å². The molecule has 1 heterocycles. The molecule has 5 heteroatoms. The molecule has 0 aromatic heterocycles. The molecule has 0 bridgehead atoms. The van der Waals surface area contributed by atoms with Crippen molar-refractivity contribution in [2.75, 3.05) is 39.3 Å². The van der Waals surface area contributed by atoms with E-state index in [1.807, 2.05) is 0 Å². The fraction of sp³-hybridized carbons (Fsp3) is 1.00. The van der Waals surface area contributed by atoms with E-state index in [0.29, 0.717) is 0 Å². The van der Waals surface area contributed by atoms with Crippen molar-refractivity contribution in [2.24, 2.45) is 0 Å². The second-order valence-corrected chi connectivity index (χ2v) is 7.18. The maximum atomic E-state index is 13.5. The van der Waals surface area contributed by atoms with Gasteiger partial charge in [0.2, 0.25) is 0 Å². The van der Waals surface area contributed by atoms with Gasteiger partial charge in [0.25, 0.3) is 7.59 Å². The first-order chi connectivity index (χ1) is 8.14. The van der Waals surface area contributed by atoms with Gasteiger partial charge in [-0.05, 0) is 12.8 Å². The van der Waals surface area contributed by atoms with Crippen molar-refractivity contribution in [3.05, 3.63) is 0 Å². The molecule has 0 saturated carbocycles. The van der Waals surface area contributed by atoms with Crippen molar-refractivity contribution < 1.29 is 4.57 Å². The van der Waals surface area contributed by atoms with Crippen molar-refractivity contribution in [1.82, 2.24) is 14.0 Å². The normalized spacial score (nSPS) is 18.5. The smallest absolute Gasteiger partial charge is 0.270 e. The molecule has 4 nitrogen and oxygen atoms in total. The summed E-state index contributed by atoms with van der Waals surface area (Å²) in [6, 6.07) is 0. The van der Waals surface area contributed by atoms with Crippen LogP contribution in [0.25, 0.3) is 0 Å². The van der Waals surface area contributed by atoms with E-state index in [1.165, 1.54) is 12.8 Å². The largest absolute Gasteiger partial charge is 0.286 e. The molecule has 0 N–H and O–H groups in total. The number of hydrogen-bond donors (Lipinski definition) is 0. The molecule has 1 rings (SSSR count). The van der Waals surface area contributed by atoms with Gasteiger partial charge in [0, 0.05) is 39.3 Å². The molecule has 0 atom stereocenters. The molecule has 1 aliphatic rings. The Morgan fingerprint density at radius 3 is 1.53 bits per heavy atom. The lowest BCUT2D eigenvalue weighted by atomic mass is 10.4. The van der Waals surface area contributed by atoms with Crippen LogP contribution < -0.4 is 0 Å². The molecular weight excluding hydrogens is 233 g/mol. The highest BCUT2D eigenvalue weighted by Gasteiger charge is 2.41. The fourth-order valence-corrected chi connectivity index (χ4v) is 6.03. The third-order valence-electron chi connectivity index (χ3n) is 3.65. The lowest BCUT2D eigenvalue weighted by Gasteiger charge is -2.42. The summed E-state index contributed by atoms with van der Waals surface area (Å²) < 4.78 is 20.1. The van der Waals surface area contributed by atoms with Crippen LogP contribution in [0, 0.1) is 0 Å². The molecule has 0 unspecified atom stereocenters. The van der Waals surface area contributed by atoms with E-state index in [-0.39, 0.29) is 0 Å². The van der Waals surface area contributed by atoms with Crippen molar-refractivity contribution in [3.8, 4) is 0 Å². The van der Waals surface area contributed by atoms with E-state index in [1.54, 1.807) is 0 Å². The van der Waals surface area contributed by atoms with Crippen LogP contribution in [0.15, 0.2) is 0 Å². The number of hydrogen-bond acceptors (Lipinski definition) is 1. The zero-order chi connectivity index (χ0) is 12.9. The van der Waals surface area contributed by atoms with Gasteiger partial charge in [-0.3, -0.25) is 4.57 Å². The molecule has 0 radical (unpaired) electrons. The van der Waals surface area contributed by atoms with Gasteiger partial charge < -0.3 is 0 Å². The molecule has 0 aliphatic carbocycles. The monoisotopic (exact) mass is 261 g/mol. The second kappa shape index (κ2) is 6.89. The minimum atomic E-state index is -2.49. The average Bonchev–Trinajstić information content (AvgIpc) is 2.86. The average molecular weight is 261 g/mol. The van der Waals surface area contributed by atoms with E-state index < -0.39 is 7.59 Å². The Morgan fingerprint density at radius 1 is 0.882 bits per heavy atom.